The summed E-state index contributed by atoms with van der Waals surface area (Å²) in [6.07, 6.45) is -0.851. The van der Waals surface area contributed by atoms with E-state index in [4.69, 9.17) is 14.2 Å². The fourth-order valence-electron chi connectivity index (χ4n) is 2.87. The zero-order valence-electron chi connectivity index (χ0n) is 14.8. The average molecular weight is 355 g/mol. The summed E-state index contributed by atoms with van der Waals surface area (Å²) >= 11 is 0. The van der Waals surface area contributed by atoms with E-state index in [-0.39, 0.29) is 19.1 Å². The Bertz CT molecular complexity index is 760. The Hall–Kier alpha value is -2.86. The molecule has 1 heterocycles. The van der Waals surface area contributed by atoms with Gasteiger partial charge in [-0.3, -0.25) is 9.69 Å². The topological polar surface area (TPSA) is 65.1 Å². The number of esters is 1. The summed E-state index contributed by atoms with van der Waals surface area (Å²) in [7, 11) is 1.57. The van der Waals surface area contributed by atoms with Gasteiger partial charge in [0, 0.05) is 5.69 Å². The normalized spacial score (nSPS) is 19.0. The maximum atomic E-state index is 12.6. The molecule has 1 amide bonds. The molecular formula is C20H21NO5. The van der Waals surface area contributed by atoms with Gasteiger partial charge in [-0.15, -0.1) is 0 Å². The number of benzene rings is 2. The fourth-order valence-corrected chi connectivity index (χ4v) is 2.87. The second-order valence-electron chi connectivity index (χ2n) is 5.82. The van der Waals surface area contributed by atoms with Crippen molar-refractivity contribution in [3.63, 3.8) is 0 Å². The molecule has 0 bridgehead atoms. The Balaban J connectivity index is 1.76. The SMILES string of the molecule is CCOC(=O)[C@H]1[C@H](OCc2ccccc2)C(=O)N1c1ccc(OC)cc1. The maximum Gasteiger partial charge on any atom is 0.332 e. The van der Waals surface area contributed by atoms with E-state index in [0.29, 0.717) is 11.4 Å². The van der Waals surface area contributed by atoms with Crippen LogP contribution in [-0.2, 0) is 25.7 Å². The second kappa shape index (κ2) is 8.01. The number of amides is 1. The number of hydrogen-bond donors (Lipinski definition) is 0. The highest BCUT2D eigenvalue weighted by Crippen LogP contribution is 2.32. The van der Waals surface area contributed by atoms with Crippen LogP contribution < -0.4 is 9.64 Å². The Morgan fingerprint density at radius 2 is 1.77 bits per heavy atom. The smallest absolute Gasteiger partial charge is 0.332 e. The molecule has 0 spiro atoms. The molecule has 0 saturated carbocycles. The molecule has 1 aliphatic heterocycles. The number of carbonyl (C=O) groups excluding carboxylic acids is 2. The van der Waals surface area contributed by atoms with E-state index in [1.807, 2.05) is 30.3 Å². The van der Waals surface area contributed by atoms with Crippen LogP contribution in [0.3, 0.4) is 0 Å². The number of nitrogens with zero attached hydrogens (tertiary/aromatic N) is 1. The molecule has 26 heavy (non-hydrogen) atoms. The first-order valence-corrected chi connectivity index (χ1v) is 8.45. The number of rotatable bonds is 7. The van der Waals surface area contributed by atoms with Crippen molar-refractivity contribution in [3.05, 3.63) is 60.2 Å². The predicted molar refractivity (Wildman–Crippen MR) is 95.9 cm³/mol. The standard InChI is InChI=1S/C20H21NO5/c1-3-25-20(23)17-18(26-13-14-7-5-4-6-8-14)19(22)21(17)15-9-11-16(24-2)12-10-15/h4-12,17-18H,3,13H2,1-2H3/t17-,18+/m1/s1. The minimum atomic E-state index is -0.851. The molecule has 2 aromatic rings. The molecule has 6 nitrogen and oxygen atoms in total. The lowest BCUT2D eigenvalue weighted by Crippen LogP contribution is -2.69. The monoisotopic (exact) mass is 355 g/mol. The first-order chi connectivity index (χ1) is 12.7. The summed E-state index contributed by atoms with van der Waals surface area (Å²) in [5.41, 5.74) is 1.54. The molecule has 0 aliphatic carbocycles. The van der Waals surface area contributed by atoms with Crippen LogP contribution in [0.4, 0.5) is 5.69 Å². The molecule has 0 aromatic heterocycles. The van der Waals surface area contributed by atoms with Crippen molar-refractivity contribution in [3.8, 4) is 5.75 Å². The Morgan fingerprint density at radius 1 is 1.08 bits per heavy atom. The first kappa shape index (κ1) is 17.9. The molecule has 1 aliphatic rings. The zero-order valence-corrected chi connectivity index (χ0v) is 14.8. The number of anilines is 1. The van der Waals surface area contributed by atoms with Crippen LogP contribution in [0.5, 0.6) is 5.75 Å². The van der Waals surface area contributed by atoms with Crippen molar-refractivity contribution >= 4 is 17.6 Å². The van der Waals surface area contributed by atoms with Crippen molar-refractivity contribution in [2.75, 3.05) is 18.6 Å². The van der Waals surface area contributed by atoms with Crippen molar-refractivity contribution in [1.29, 1.82) is 0 Å². The predicted octanol–water partition coefficient (Wildman–Crippen LogP) is 2.56. The van der Waals surface area contributed by atoms with E-state index < -0.39 is 18.1 Å². The summed E-state index contributed by atoms with van der Waals surface area (Å²) in [5.74, 6) is -0.0589. The number of methoxy groups -OCH3 is 1. The van der Waals surface area contributed by atoms with Gasteiger partial charge >= 0.3 is 5.97 Å². The van der Waals surface area contributed by atoms with E-state index in [2.05, 4.69) is 0 Å². The fraction of sp³-hybridized carbons (Fsp3) is 0.300. The van der Waals surface area contributed by atoms with Crippen LogP contribution in [0.15, 0.2) is 54.6 Å². The lowest BCUT2D eigenvalue weighted by Gasteiger charge is -2.44. The molecule has 0 N–H and O–H groups in total. The van der Waals surface area contributed by atoms with Gasteiger partial charge in [0.25, 0.3) is 5.91 Å². The Morgan fingerprint density at radius 3 is 2.38 bits per heavy atom. The molecule has 2 aromatic carbocycles. The number of β-lactam (4-membered cyclic amide) rings is 1. The second-order valence-corrected chi connectivity index (χ2v) is 5.82. The van der Waals surface area contributed by atoms with E-state index in [1.54, 1.807) is 38.3 Å². The summed E-state index contributed by atoms with van der Waals surface area (Å²) in [6, 6.07) is 15.7. The molecule has 136 valence electrons. The zero-order chi connectivity index (χ0) is 18.5. The van der Waals surface area contributed by atoms with Crippen molar-refractivity contribution < 1.29 is 23.8 Å². The van der Waals surface area contributed by atoms with Crippen molar-refractivity contribution in [2.45, 2.75) is 25.7 Å². The molecular weight excluding hydrogens is 334 g/mol. The molecule has 1 saturated heterocycles. The van der Waals surface area contributed by atoms with Gasteiger partial charge in [-0.05, 0) is 36.8 Å². The Kier molecular flexibility index (Phi) is 5.53. The van der Waals surface area contributed by atoms with Gasteiger partial charge in [0.2, 0.25) is 0 Å². The van der Waals surface area contributed by atoms with Crippen LogP contribution in [0.1, 0.15) is 12.5 Å². The maximum absolute atomic E-state index is 12.6. The van der Waals surface area contributed by atoms with E-state index >= 15 is 0 Å². The minimum Gasteiger partial charge on any atom is -0.497 e. The Labute approximate surface area is 152 Å². The summed E-state index contributed by atoms with van der Waals surface area (Å²) < 4.78 is 16.0. The van der Waals surface area contributed by atoms with Crippen LogP contribution in [-0.4, -0.2) is 37.7 Å². The van der Waals surface area contributed by atoms with Crippen LogP contribution >= 0.6 is 0 Å². The van der Waals surface area contributed by atoms with Gasteiger partial charge in [0.05, 0.1) is 20.3 Å². The lowest BCUT2D eigenvalue weighted by atomic mass is 9.96. The first-order valence-electron chi connectivity index (χ1n) is 8.45. The molecule has 1 fully saturated rings. The highest BCUT2D eigenvalue weighted by Gasteiger charge is 2.54. The molecule has 6 heteroatoms. The van der Waals surface area contributed by atoms with E-state index in [9.17, 15) is 9.59 Å². The van der Waals surface area contributed by atoms with Gasteiger partial charge < -0.3 is 14.2 Å². The summed E-state index contributed by atoms with van der Waals surface area (Å²) in [4.78, 5) is 26.4. The highest BCUT2D eigenvalue weighted by molar-refractivity contribution is 6.12. The third-order valence-corrected chi connectivity index (χ3v) is 4.20. The molecule has 0 radical (unpaired) electrons. The van der Waals surface area contributed by atoms with Gasteiger partial charge in [0.15, 0.2) is 12.1 Å². The third kappa shape index (κ3) is 3.55. The van der Waals surface area contributed by atoms with Crippen LogP contribution in [0.25, 0.3) is 0 Å². The quantitative estimate of drug-likeness (QED) is 0.564. The number of carbonyl (C=O) groups is 2. The molecule has 2 atom stereocenters. The van der Waals surface area contributed by atoms with Gasteiger partial charge in [-0.25, -0.2) is 4.79 Å². The lowest BCUT2D eigenvalue weighted by molar-refractivity contribution is -0.162. The largest absolute Gasteiger partial charge is 0.497 e. The highest BCUT2D eigenvalue weighted by atomic mass is 16.5. The van der Waals surface area contributed by atoms with E-state index in [1.165, 1.54) is 4.90 Å². The van der Waals surface area contributed by atoms with Gasteiger partial charge in [-0.1, -0.05) is 30.3 Å². The van der Waals surface area contributed by atoms with Gasteiger partial charge in [-0.2, -0.15) is 0 Å². The van der Waals surface area contributed by atoms with Crippen molar-refractivity contribution in [2.24, 2.45) is 0 Å². The minimum absolute atomic E-state index is 0.241. The molecule has 3 rings (SSSR count). The van der Waals surface area contributed by atoms with Crippen molar-refractivity contribution in [1.82, 2.24) is 0 Å². The summed E-state index contributed by atoms with van der Waals surface area (Å²) in [5, 5.41) is 0. The number of ether oxygens (including phenoxy) is 3. The van der Waals surface area contributed by atoms with Gasteiger partial charge in [0.1, 0.15) is 5.75 Å². The van der Waals surface area contributed by atoms with Crippen LogP contribution in [0.2, 0.25) is 0 Å². The third-order valence-electron chi connectivity index (χ3n) is 4.20. The van der Waals surface area contributed by atoms with Crippen LogP contribution in [0, 0.1) is 0 Å². The molecule has 0 unspecified atom stereocenters. The number of hydrogen-bond acceptors (Lipinski definition) is 5. The van der Waals surface area contributed by atoms with E-state index in [0.717, 1.165) is 5.56 Å². The average Bonchev–Trinajstić information content (AvgIpc) is 2.67. The summed E-state index contributed by atoms with van der Waals surface area (Å²) in [6.45, 7) is 2.23.